The molecule has 0 aromatic carbocycles. The van der Waals surface area contributed by atoms with E-state index >= 15 is 0 Å². The van der Waals surface area contributed by atoms with Gasteiger partial charge in [-0.25, -0.2) is 4.98 Å². The number of aliphatic hydroxyl groups excluding tert-OH is 1. The molecular weight excluding hydrogens is 216 g/mol. The van der Waals surface area contributed by atoms with Crippen LogP contribution in [0.15, 0.2) is 12.3 Å². The van der Waals surface area contributed by atoms with E-state index in [2.05, 4.69) is 17.2 Å². The van der Waals surface area contributed by atoms with Crippen LogP contribution < -0.4 is 11.1 Å². The molecule has 0 fully saturated rings. The number of aliphatic hydroxyl groups is 1. The van der Waals surface area contributed by atoms with E-state index in [0.717, 1.165) is 12.8 Å². The molecule has 4 N–H and O–H groups in total. The number of nitrogens with zero attached hydrogens (tertiary/aromatic N) is 2. The number of aromatic nitrogens is 1. The number of nitriles is 1. The summed E-state index contributed by atoms with van der Waals surface area (Å²) in [5, 5.41) is 20.8. The predicted octanol–water partition coefficient (Wildman–Crippen LogP) is 1.36. The zero-order chi connectivity index (χ0) is 12.7. The largest absolute Gasteiger partial charge is 0.396 e. The average Bonchev–Trinajstić information content (AvgIpc) is 2.36. The minimum atomic E-state index is 0.182. The first-order chi connectivity index (χ1) is 8.22. The lowest BCUT2D eigenvalue weighted by molar-refractivity contribution is 0.258. The lowest BCUT2D eigenvalue weighted by Crippen LogP contribution is -2.16. The highest BCUT2D eigenvalue weighted by Crippen LogP contribution is 2.20. The Labute approximate surface area is 101 Å². The van der Waals surface area contributed by atoms with Crippen LogP contribution >= 0.6 is 0 Å². The van der Waals surface area contributed by atoms with Crippen molar-refractivity contribution in [2.75, 3.05) is 24.2 Å². The molecule has 0 aliphatic rings. The van der Waals surface area contributed by atoms with Crippen molar-refractivity contribution in [1.82, 2.24) is 4.98 Å². The van der Waals surface area contributed by atoms with Crippen LogP contribution in [0.2, 0.25) is 0 Å². The van der Waals surface area contributed by atoms with Gasteiger partial charge in [0.1, 0.15) is 6.07 Å². The monoisotopic (exact) mass is 234 g/mol. The second-order valence-corrected chi connectivity index (χ2v) is 3.90. The van der Waals surface area contributed by atoms with Gasteiger partial charge < -0.3 is 16.2 Å². The molecule has 0 bridgehead atoms. The van der Waals surface area contributed by atoms with E-state index < -0.39 is 0 Å². The fourth-order valence-electron chi connectivity index (χ4n) is 1.59. The summed E-state index contributed by atoms with van der Waals surface area (Å²) in [7, 11) is 0. The molecule has 1 heterocycles. The fraction of sp³-hybridized carbons (Fsp3) is 0.500. The summed E-state index contributed by atoms with van der Waals surface area (Å²) in [5.41, 5.74) is 6.61. The number of nitrogens with one attached hydrogen (secondary N) is 1. The first-order valence-corrected chi connectivity index (χ1v) is 5.72. The maximum atomic E-state index is 8.89. The molecule has 1 aromatic heterocycles. The zero-order valence-corrected chi connectivity index (χ0v) is 9.98. The molecule has 17 heavy (non-hydrogen) atoms. The Morgan fingerprint density at radius 3 is 3.00 bits per heavy atom. The summed E-state index contributed by atoms with van der Waals surface area (Å²) in [6, 6.07) is 3.61. The lowest BCUT2D eigenvalue weighted by atomic mass is 10.0. The van der Waals surface area contributed by atoms with E-state index in [1.54, 1.807) is 12.3 Å². The van der Waals surface area contributed by atoms with Crippen molar-refractivity contribution < 1.29 is 5.11 Å². The third-order valence-electron chi connectivity index (χ3n) is 2.78. The zero-order valence-electron chi connectivity index (χ0n) is 9.98. The molecule has 1 rings (SSSR count). The Morgan fingerprint density at radius 2 is 2.41 bits per heavy atom. The molecule has 0 spiro atoms. The number of rotatable bonds is 6. The molecule has 1 atom stereocenters. The summed E-state index contributed by atoms with van der Waals surface area (Å²) in [6.45, 7) is 2.95. The SMILES string of the molecule is CCC(CCO)CNc1nccc(C#N)c1N. The molecule has 0 aliphatic heterocycles. The minimum absolute atomic E-state index is 0.182. The van der Waals surface area contributed by atoms with Crippen molar-refractivity contribution in [2.24, 2.45) is 5.92 Å². The normalized spacial score (nSPS) is 11.8. The van der Waals surface area contributed by atoms with E-state index in [9.17, 15) is 0 Å². The lowest BCUT2D eigenvalue weighted by Gasteiger charge is -2.15. The van der Waals surface area contributed by atoms with Gasteiger partial charge in [-0.1, -0.05) is 13.3 Å². The number of nitrogen functional groups attached to an aromatic ring is 1. The van der Waals surface area contributed by atoms with Crippen molar-refractivity contribution in [2.45, 2.75) is 19.8 Å². The Kier molecular flexibility index (Phi) is 5.24. The molecule has 0 radical (unpaired) electrons. The third kappa shape index (κ3) is 3.61. The van der Waals surface area contributed by atoms with Crippen LogP contribution in [0.25, 0.3) is 0 Å². The van der Waals surface area contributed by atoms with E-state index in [1.165, 1.54) is 0 Å². The number of nitrogens with two attached hydrogens (primary N) is 1. The van der Waals surface area contributed by atoms with E-state index in [4.69, 9.17) is 16.1 Å². The summed E-state index contributed by atoms with van der Waals surface area (Å²) >= 11 is 0. The van der Waals surface area contributed by atoms with Crippen LogP contribution in [0.1, 0.15) is 25.3 Å². The Morgan fingerprint density at radius 1 is 1.65 bits per heavy atom. The van der Waals surface area contributed by atoms with Crippen molar-refractivity contribution in [3.05, 3.63) is 17.8 Å². The van der Waals surface area contributed by atoms with E-state index in [-0.39, 0.29) is 6.61 Å². The maximum absolute atomic E-state index is 8.89. The van der Waals surface area contributed by atoms with Crippen LogP contribution in [-0.2, 0) is 0 Å². The highest BCUT2D eigenvalue weighted by Gasteiger charge is 2.09. The second-order valence-electron chi connectivity index (χ2n) is 3.90. The van der Waals surface area contributed by atoms with Gasteiger partial charge >= 0.3 is 0 Å². The van der Waals surface area contributed by atoms with Gasteiger partial charge in [0.2, 0.25) is 0 Å². The van der Waals surface area contributed by atoms with Crippen molar-refractivity contribution in [3.8, 4) is 6.07 Å². The third-order valence-corrected chi connectivity index (χ3v) is 2.78. The van der Waals surface area contributed by atoms with Gasteiger partial charge in [-0.3, -0.25) is 0 Å². The maximum Gasteiger partial charge on any atom is 0.150 e. The van der Waals surface area contributed by atoms with E-state index in [0.29, 0.717) is 29.5 Å². The smallest absolute Gasteiger partial charge is 0.150 e. The highest BCUT2D eigenvalue weighted by atomic mass is 16.3. The standard InChI is InChI=1S/C12H18N4O/c1-2-9(4-6-17)8-16-12-11(14)10(7-13)3-5-15-12/h3,5,9,17H,2,4,6,8,14H2,1H3,(H,15,16). The molecule has 0 saturated heterocycles. The first-order valence-electron chi connectivity index (χ1n) is 5.72. The van der Waals surface area contributed by atoms with E-state index in [1.807, 2.05) is 6.07 Å². The molecule has 5 nitrogen and oxygen atoms in total. The molecule has 0 aliphatic carbocycles. The van der Waals surface area contributed by atoms with Crippen molar-refractivity contribution in [3.63, 3.8) is 0 Å². The molecule has 1 unspecified atom stereocenters. The van der Waals surface area contributed by atoms with Gasteiger partial charge in [-0.15, -0.1) is 0 Å². The minimum Gasteiger partial charge on any atom is -0.396 e. The first kappa shape index (κ1) is 13.3. The van der Waals surface area contributed by atoms with Gasteiger partial charge in [0.15, 0.2) is 5.82 Å². The number of anilines is 2. The molecule has 5 heteroatoms. The molecule has 1 aromatic rings. The van der Waals surface area contributed by atoms with Gasteiger partial charge in [0.05, 0.1) is 11.3 Å². The number of pyridine rings is 1. The summed E-state index contributed by atoms with van der Waals surface area (Å²) in [5.74, 6) is 0.924. The predicted molar refractivity (Wildman–Crippen MR) is 67.3 cm³/mol. The fourth-order valence-corrected chi connectivity index (χ4v) is 1.59. The Hall–Kier alpha value is -1.80. The van der Waals surface area contributed by atoms with Crippen molar-refractivity contribution >= 4 is 11.5 Å². The topological polar surface area (TPSA) is 95.0 Å². The molecule has 0 saturated carbocycles. The van der Waals surface area contributed by atoms with Gasteiger partial charge in [-0.05, 0) is 18.4 Å². The number of hydrogen-bond donors (Lipinski definition) is 3. The van der Waals surface area contributed by atoms with Crippen LogP contribution in [-0.4, -0.2) is 23.2 Å². The second kappa shape index (κ2) is 6.71. The molecule has 92 valence electrons. The molecule has 0 amide bonds. The Bertz CT molecular complexity index is 400. The summed E-state index contributed by atoms with van der Waals surface area (Å²) in [6.07, 6.45) is 3.29. The average molecular weight is 234 g/mol. The van der Waals surface area contributed by atoms with Gasteiger partial charge in [-0.2, -0.15) is 5.26 Å². The summed E-state index contributed by atoms with van der Waals surface area (Å²) in [4.78, 5) is 4.10. The highest BCUT2D eigenvalue weighted by molar-refractivity contribution is 5.68. The van der Waals surface area contributed by atoms with Crippen LogP contribution in [0, 0.1) is 17.2 Å². The van der Waals surface area contributed by atoms with Crippen molar-refractivity contribution in [1.29, 1.82) is 5.26 Å². The van der Waals surface area contributed by atoms with Crippen LogP contribution in [0.5, 0.6) is 0 Å². The van der Waals surface area contributed by atoms with Crippen LogP contribution in [0.4, 0.5) is 11.5 Å². The Balaban J connectivity index is 2.66. The summed E-state index contributed by atoms with van der Waals surface area (Å²) < 4.78 is 0. The van der Waals surface area contributed by atoms with Gasteiger partial charge in [0.25, 0.3) is 0 Å². The van der Waals surface area contributed by atoms with Crippen LogP contribution in [0.3, 0.4) is 0 Å². The molecular formula is C12H18N4O. The quantitative estimate of drug-likeness (QED) is 0.690. The van der Waals surface area contributed by atoms with Gasteiger partial charge in [0, 0.05) is 19.3 Å². The number of hydrogen-bond acceptors (Lipinski definition) is 5.